The summed E-state index contributed by atoms with van der Waals surface area (Å²) < 4.78 is 86.8. The van der Waals surface area contributed by atoms with Gasteiger partial charge in [-0.3, -0.25) is 0 Å². The Morgan fingerprint density at radius 2 is 2.21 bits per heavy atom. The summed E-state index contributed by atoms with van der Waals surface area (Å²) in [5.74, 6) is 0. The lowest BCUT2D eigenvalue weighted by molar-refractivity contribution is 0.313. The highest BCUT2D eigenvalue weighted by Gasteiger charge is 2.13. The van der Waals surface area contributed by atoms with E-state index < -0.39 is 33.0 Å². The first-order valence-electron chi connectivity index (χ1n) is 9.21. The van der Waals surface area contributed by atoms with E-state index in [0.29, 0.717) is 4.60 Å². The Labute approximate surface area is 108 Å². The SMILES string of the molecule is [2H]C([2H])([2H])N1C([2H])([2H])C([2H])([2H])N(c2ccc(Br)nc2)C([2H])([2H])C1([2H])[2H]. The number of aromatic nitrogens is 1. The first-order chi connectivity index (χ1) is 11.0. The number of pyridine rings is 1. The van der Waals surface area contributed by atoms with E-state index in [4.69, 9.17) is 15.1 Å². The van der Waals surface area contributed by atoms with Crippen LogP contribution in [0.2, 0.25) is 0 Å². The predicted molar refractivity (Wildman–Crippen MR) is 61.6 cm³/mol. The molecule has 0 atom stereocenters. The van der Waals surface area contributed by atoms with Crippen LogP contribution in [0.1, 0.15) is 15.1 Å². The van der Waals surface area contributed by atoms with Crippen molar-refractivity contribution in [1.29, 1.82) is 0 Å². The molecule has 0 saturated carbocycles. The molecule has 1 aromatic heterocycles. The van der Waals surface area contributed by atoms with Gasteiger partial charge in [-0.25, -0.2) is 4.98 Å². The maximum Gasteiger partial charge on any atom is 0.106 e. The largest absolute Gasteiger partial charge is 0.368 e. The molecule has 0 N–H and O–H groups in total. The van der Waals surface area contributed by atoms with E-state index in [2.05, 4.69) is 20.9 Å². The molecule has 0 bridgehead atoms. The topological polar surface area (TPSA) is 19.4 Å². The fourth-order valence-corrected chi connectivity index (χ4v) is 1.12. The van der Waals surface area contributed by atoms with Gasteiger partial charge in [0, 0.05) is 35.6 Å². The summed E-state index contributed by atoms with van der Waals surface area (Å²) in [5, 5.41) is 0. The van der Waals surface area contributed by atoms with E-state index in [1.54, 1.807) is 0 Å². The van der Waals surface area contributed by atoms with Crippen LogP contribution in [0.5, 0.6) is 0 Å². The predicted octanol–water partition coefficient (Wildman–Crippen LogP) is 1.60. The molecular formula is C10H14BrN3. The van der Waals surface area contributed by atoms with E-state index in [9.17, 15) is 0 Å². The first-order valence-corrected chi connectivity index (χ1v) is 4.50. The molecule has 1 aliphatic rings. The summed E-state index contributed by atoms with van der Waals surface area (Å²) in [4.78, 5) is 3.71. The van der Waals surface area contributed by atoms with Crippen molar-refractivity contribution in [1.82, 2.24) is 9.88 Å². The van der Waals surface area contributed by atoms with Crippen LogP contribution in [0.3, 0.4) is 0 Å². The number of piperazine rings is 1. The van der Waals surface area contributed by atoms with E-state index in [1.807, 2.05) is 0 Å². The van der Waals surface area contributed by atoms with Gasteiger partial charge in [-0.1, -0.05) is 0 Å². The van der Waals surface area contributed by atoms with Gasteiger partial charge in [-0.15, -0.1) is 0 Å². The third-order valence-corrected chi connectivity index (χ3v) is 1.99. The van der Waals surface area contributed by atoms with Crippen LogP contribution in [0.25, 0.3) is 0 Å². The molecule has 0 aromatic carbocycles. The van der Waals surface area contributed by atoms with E-state index >= 15 is 0 Å². The summed E-state index contributed by atoms with van der Waals surface area (Å²) in [6.07, 6.45) is 1.04. The zero-order valence-electron chi connectivity index (χ0n) is 18.0. The molecule has 1 fully saturated rings. The standard InChI is InChI=1S/C10H14BrN3/c1-13-4-6-14(7-5-13)9-2-3-10(11)12-8-9/h2-3,8H,4-7H2,1H3/i1D3,4D2,5D2,6D2,7D2. The van der Waals surface area contributed by atoms with Crippen molar-refractivity contribution in [3.8, 4) is 0 Å². The number of anilines is 1. The normalized spacial score (nSPS) is 45.5. The monoisotopic (exact) mass is 266 g/mol. The van der Waals surface area contributed by atoms with Crippen molar-refractivity contribution in [2.75, 3.05) is 37.9 Å². The molecule has 1 aromatic rings. The molecule has 76 valence electrons. The maximum atomic E-state index is 8.10. The fraction of sp³-hybridized carbons (Fsp3) is 0.500. The smallest absolute Gasteiger partial charge is 0.106 e. The van der Waals surface area contributed by atoms with Crippen molar-refractivity contribution in [3.05, 3.63) is 22.9 Å². The summed E-state index contributed by atoms with van der Waals surface area (Å²) in [7, 11) is 0. The minimum atomic E-state index is -3.42. The Morgan fingerprint density at radius 3 is 2.79 bits per heavy atom. The van der Waals surface area contributed by atoms with Crippen molar-refractivity contribution in [3.63, 3.8) is 0 Å². The van der Waals surface area contributed by atoms with Crippen molar-refractivity contribution >= 4 is 21.6 Å². The van der Waals surface area contributed by atoms with Crippen LogP contribution >= 0.6 is 15.9 Å². The van der Waals surface area contributed by atoms with Gasteiger partial charge in [0.05, 0.1) is 17.4 Å². The van der Waals surface area contributed by atoms with Gasteiger partial charge >= 0.3 is 0 Å². The van der Waals surface area contributed by atoms with Crippen LogP contribution in [0.15, 0.2) is 22.9 Å². The molecule has 0 aliphatic carbocycles. The quantitative estimate of drug-likeness (QED) is 0.720. The average molecular weight is 267 g/mol. The third kappa shape index (κ3) is 2.25. The van der Waals surface area contributed by atoms with Gasteiger partial charge in [-0.2, -0.15) is 0 Å². The molecule has 2 heterocycles. The second kappa shape index (κ2) is 4.28. The highest BCUT2D eigenvalue weighted by molar-refractivity contribution is 9.10. The molecule has 1 saturated heterocycles. The van der Waals surface area contributed by atoms with Crippen LogP contribution in [0, 0.1) is 0 Å². The summed E-state index contributed by atoms with van der Waals surface area (Å²) >= 11 is 3.06. The number of hydrogen-bond donors (Lipinski definition) is 0. The number of nitrogens with zero attached hydrogens (tertiary/aromatic N) is 3. The van der Waals surface area contributed by atoms with Crippen LogP contribution < -0.4 is 4.90 Å². The number of hydrogen-bond acceptors (Lipinski definition) is 3. The average Bonchev–Trinajstić information content (AvgIpc) is 2.36. The van der Waals surface area contributed by atoms with E-state index in [0.717, 1.165) is 6.20 Å². The summed E-state index contributed by atoms with van der Waals surface area (Å²) in [5.41, 5.74) is -0.240. The highest BCUT2D eigenvalue weighted by atomic mass is 79.9. The Balaban J connectivity index is 2.77. The molecule has 14 heavy (non-hydrogen) atoms. The van der Waals surface area contributed by atoms with Crippen molar-refractivity contribution < 1.29 is 15.1 Å². The molecule has 0 amide bonds. The van der Waals surface area contributed by atoms with Crippen molar-refractivity contribution in [2.45, 2.75) is 0 Å². The molecule has 0 radical (unpaired) electrons. The van der Waals surface area contributed by atoms with Gasteiger partial charge in [-0.05, 0) is 35.0 Å². The second-order valence-electron chi connectivity index (χ2n) is 2.46. The van der Waals surface area contributed by atoms with Crippen LogP contribution in [-0.2, 0) is 0 Å². The van der Waals surface area contributed by atoms with Gasteiger partial charge in [0.2, 0.25) is 0 Å². The molecule has 3 nitrogen and oxygen atoms in total. The Hall–Kier alpha value is -0.610. The molecule has 0 spiro atoms. The van der Waals surface area contributed by atoms with Gasteiger partial charge < -0.3 is 9.80 Å². The zero-order chi connectivity index (χ0) is 19.6. The summed E-state index contributed by atoms with van der Waals surface area (Å²) in [6.45, 7) is -16.7. The van der Waals surface area contributed by atoms with E-state index in [-0.39, 0.29) is 15.5 Å². The molecule has 1 aliphatic heterocycles. The van der Waals surface area contributed by atoms with Gasteiger partial charge in [0.25, 0.3) is 0 Å². The van der Waals surface area contributed by atoms with E-state index in [1.165, 1.54) is 12.1 Å². The van der Waals surface area contributed by atoms with Gasteiger partial charge in [0.15, 0.2) is 0 Å². The first kappa shape index (κ1) is 3.19. The van der Waals surface area contributed by atoms with Gasteiger partial charge in [0.1, 0.15) is 4.60 Å². The minimum Gasteiger partial charge on any atom is -0.368 e. The molecule has 2 rings (SSSR count). The third-order valence-electron chi connectivity index (χ3n) is 1.52. The Kier molecular flexibility index (Phi) is 0.974. The molecular weight excluding hydrogens is 242 g/mol. The van der Waals surface area contributed by atoms with Crippen LogP contribution in [-0.4, -0.2) is 42.8 Å². The highest BCUT2D eigenvalue weighted by Crippen LogP contribution is 2.16. The molecule has 0 unspecified atom stereocenters. The lowest BCUT2D eigenvalue weighted by atomic mass is 10.3. The number of rotatable bonds is 1. The van der Waals surface area contributed by atoms with Crippen molar-refractivity contribution in [2.24, 2.45) is 0 Å². The lowest BCUT2D eigenvalue weighted by Crippen LogP contribution is -2.44. The Bertz CT molecular complexity index is 629. The lowest BCUT2D eigenvalue weighted by Gasteiger charge is -2.33. The minimum absolute atomic E-state index is 0.240. The number of halogens is 1. The maximum absolute atomic E-state index is 8.10. The molecule has 4 heteroatoms. The zero-order valence-corrected chi connectivity index (χ0v) is 8.54. The van der Waals surface area contributed by atoms with Crippen LogP contribution in [0.4, 0.5) is 5.69 Å². The second-order valence-corrected chi connectivity index (χ2v) is 3.27. The summed E-state index contributed by atoms with van der Waals surface area (Å²) in [6, 6.07) is 2.58. The Morgan fingerprint density at radius 1 is 1.43 bits per heavy atom. The fourth-order valence-electron chi connectivity index (χ4n) is 0.885. The number of likely N-dealkylation sites (N-methyl/N-ethyl adjacent to an activating group) is 1.